The van der Waals surface area contributed by atoms with Crippen LogP contribution in [0, 0.1) is 0 Å². The second-order valence-electron chi connectivity index (χ2n) is 3.96. The largest absolute Gasteiger partial charge is 0.366 e. The summed E-state index contributed by atoms with van der Waals surface area (Å²) >= 11 is 0. The third-order valence-corrected chi connectivity index (χ3v) is 2.35. The third kappa shape index (κ3) is 2.92. The van der Waals surface area contributed by atoms with Crippen molar-refractivity contribution in [3.05, 3.63) is 18.1 Å². The monoisotopic (exact) mass is 220 g/mol. The first-order valence-corrected chi connectivity index (χ1v) is 5.66. The van der Waals surface area contributed by atoms with Crippen molar-refractivity contribution in [2.45, 2.75) is 32.2 Å². The Balaban J connectivity index is 1.92. The van der Waals surface area contributed by atoms with Crippen molar-refractivity contribution in [1.29, 1.82) is 0 Å². The van der Waals surface area contributed by atoms with Crippen LogP contribution in [0.15, 0.2) is 12.4 Å². The Hall–Kier alpha value is -1.65. The van der Waals surface area contributed by atoms with E-state index in [1.807, 2.05) is 6.92 Å². The van der Waals surface area contributed by atoms with E-state index in [-0.39, 0.29) is 5.91 Å². The van der Waals surface area contributed by atoms with Gasteiger partial charge < -0.3 is 10.6 Å². The Kier molecular flexibility index (Phi) is 3.34. The molecule has 5 nitrogen and oxygen atoms in total. The summed E-state index contributed by atoms with van der Waals surface area (Å²) in [5.41, 5.74) is 0.370. The molecule has 1 heterocycles. The molecule has 0 saturated heterocycles. The van der Waals surface area contributed by atoms with Crippen molar-refractivity contribution < 1.29 is 4.79 Å². The van der Waals surface area contributed by atoms with Crippen molar-refractivity contribution in [3.8, 4) is 0 Å². The Morgan fingerprint density at radius 3 is 2.81 bits per heavy atom. The molecule has 1 aliphatic rings. The average Bonchev–Trinajstić information content (AvgIpc) is 3.11. The zero-order valence-electron chi connectivity index (χ0n) is 9.36. The van der Waals surface area contributed by atoms with Gasteiger partial charge in [-0.3, -0.25) is 4.79 Å². The molecule has 1 fully saturated rings. The lowest BCUT2D eigenvalue weighted by molar-refractivity contribution is 0.0948. The van der Waals surface area contributed by atoms with Gasteiger partial charge >= 0.3 is 0 Å². The first kappa shape index (κ1) is 10.9. The molecule has 0 radical (unpaired) electrons. The van der Waals surface area contributed by atoms with Gasteiger partial charge in [0.25, 0.3) is 5.91 Å². The molecular formula is C11H16N4O. The lowest BCUT2D eigenvalue weighted by atomic mass is 10.4. The van der Waals surface area contributed by atoms with Gasteiger partial charge in [0.15, 0.2) is 0 Å². The Bertz CT molecular complexity index is 359. The van der Waals surface area contributed by atoms with E-state index in [4.69, 9.17) is 0 Å². The fourth-order valence-electron chi connectivity index (χ4n) is 1.29. The van der Waals surface area contributed by atoms with Crippen LogP contribution in [0.5, 0.6) is 0 Å². The Morgan fingerprint density at radius 2 is 2.25 bits per heavy atom. The number of carbonyl (C=O) groups is 1. The molecule has 2 N–H and O–H groups in total. The van der Waals surface area contributed by atoms with Gasteiger partial charge in [0, 0.05) is 12.6 Å². The van der Waals surface area contributed by atoms with Gasteiger partial charge in [-0.1, -0.05) is 6.92 Å². The van der Waals surface area contributed by atoms with Crippen molar-refractivity contribution in [3.63, 3.8) is 0 Å². The molecule has 1 aliphatic carbocycles. The van der Waals surface area contributed by atoms with E-state index in [0.717, 1.165) is 12.2 Å². The van der Waals surface area contributed by atoms with E-state index in [2.05, 4.69) is 20.6 Å². The predicted molar refractivity (Wildman–Crippen MR) is 61.3 cm³/mol. The maximum atomic E-state index is 11.5. The maximum absolute atomic E-state index is 11.5. The molecule has 1 aromatic heterocycles. The van der Waals surface area contributed by atoms with E-state index in [1.165, 1.54) is 19.0 Å². The van der Waals surface area contributed by atoms with Crippen LogP contribution in [0.25, 0.3) is 0 Å². The van der Waals surface area contributed by atoms with Gasteiger partial charge in [-0.25, -0.2) is 9.97 Å². The fraction of sp³-hybridized carbons (Fsp3) is 0.545. The number of nitrogens with one attached hydrogen (secondary N) is 2. The summed E-state index contributed by atoms with van der Waals surface area (Å²) in [6, 6.07) is 0.550. The first-order chi connectivity index (χ1) is 7.79. The van der Waals surface area contributed by atoms with Crippen molar-refractivity contribution in [2.75, 3.05) is 11.9 Å². The summed E-state index contributed by atoms with van der Waals surface area (Å²) in [5.74, 6) is 0.585. The average molecular weight is 220 g/mol. The molecule has 0 spiro atoms. The van der Waals surface area contributed by atoms with Gasteiger partial charge in [-0.05, 0) is 19.3 Å². The second kappa shape index (κ2) is 4.92. The van der Waals surface area contributed by atoms with Gasteiger partial charge in [0.1, 0.15) is 11.5 Å². The van der Waals surface area contributed by atoms with Crippen LogP contribution in [0.2, 0.25) is 0 Å². The number of nitrogens with zero attached hydrogens (tertiary/aromatic N) is 2. The minimum atomic E-state index is -0.160. The zero-order chi connectivity index (χ0) is 11.4. The molecule has 1 amide bonds. The number of hydrogen-bond donors (Lipinski definition) is 2. The van der Waals surface area contributed by atoms with Crippen molar-refractivity contribution in [1.82, 2.24) is 15.3 Å². The number of rotatable bonds is 5. The van der Waals surface area contributed by atoms with Crippen LogP contribution in [0.1, 0.15) is 36.7 Å². The smallest absolute Gasteiger partial charge is 0.271 e. The van der Waals surface area contributed by atoms with Crippen LogP contribution < -0.4 is 10.6 Å². The third-order valence-electron chi connectivity index (χ3n) is 2.35. The van der Waals surface area contributed by atoms with Crippen LogP contribution >= 0.6 is 0 Å². The van der Waals surface area contributed by atoms with E-state index in [1.54, 1.807) is 6.20 Å². The van der Waals surface area contributed by atoms with E-state index < -0.39 is 0 Å². The number of hydrogen-bond acceptors (Lipinski definition) is 4. The summed E-state index contributed by atoms with van der Waals surface area (Å²) in [4.78, 5) is 19.7. The SMILES string of the molecule is CCCNC(=O)c1cnc(NC2CC2)cn1. The molecule has 0 atom stereocenters. The lowest BCUT2D eigenvalue weighted by Crippen LogP contribution is -2.25. The fourth-order valence-corrected chi connectivity index (χ4v) is 1.29. The molecule has 5 heteroatoms. The topological polar surface area (TPSA) is 66.9 Å². The van der Waals surface area contributed by atoms with E-state index in [9.17, 15) is 4.79 Å². The van der Waals surface area contributed by atoms with Gasteiger partial charge in [-0.15, -0.1) is 0 Å². The normalized spacial score (nSPS) is 14.6. The van der Waals surface area contributed by atoms with Crippen LogP contribution in [-0.4, -0.2) is 28.5 Å². The number of amides is 1. The molecule has 1 saturated carbocycles. The Morgan fingerprint density at radius 1 is 1.44 bits per heavy atom. The lowest BCUT2D eigenvalue weighted by Gasteiger charge is -2.04. The van der Waals surface area contributed by atoms with Crippen LogP contribution in [0.4, 0.5) is 5.82 Å². The molecule has 16 heavy (non-hydrogen) atoms. The minimum absolute atomic E-state index is 0.160. The quantitative estimate of drug-likeness (QED) is 0.782. The molecule has 86 valence electrons. The highest BCUT2D eigenvalue weighted by molar-refractivity contribution is 5.91. The molecule has 1 aromatic rings. The van der Waals surface area contributed by atoms with Crippen LogP contribution in [-0.2, 0) is 0 Å². The summed E-state index contributed by atoms with van der Waals surface area (Å²) in [7, 11) is 0. The van der Waals surface area contributed by atoms with E-state index >= 15 is 0 Å². The molecule has 0 aliphatic heterocycles. The molecule has 0 aromatic carbocycles. The maximum Gasteiger partial charge on any atom is 0.271 e. The summed E-state index contributed by atoms with van der Waals surface area (Å²) in [6.45, 7) is 2.68. The summed E-state index contributed by atoms with van der Waals surface area (Å²) in [5, 5.41) is 5.98. The number of aromatic nitrogens is 2. The Labute approximate surface area is 94.7 Å². The number of anilines is 1. The highest BCUT2D eigenvalue weighted by Gasteiger charge is 2.21. The zero-order valence-corrected chi connectivity index (χ0v) is 9.36. The predicted octanol–water partition coefficient (Wildman–Crippen LogP) is 1.19. The molecule has 0 bridgehead atoms. The van der Waals surface area contributed by atoms with E-state index in [0.29, 0.717) is 18.3 Å². The standard InChI is InChI=1S/C11H16N4O/c1-2-5-12-11(16)9-6-14-10(7-13-9)15-8-3-4-8/h6-8H,2-5H2,1H3,(H,12,16)(H,14,15). The minimum Gasteiger partial charge on any atom is -0.366 e. The first-order valence-electron chi connectivity index (χ1n) is 5.66. The summed E-state index contributed by atoms with van der Waals surface area (Å²) in [6.07, 6.45) is 6.43. The second-order valence-corrected chi connectivity index (χ2v) is 3.96. The van der Waals surface area contributed by atoms with Crippen molar-refractivity contribution >= 4 is 11.7 Å². The highest BCUT2D eigenvalue weighted by atomic mass is 16.1. The molecule has 0 unspecified atom stereocenters. The van der Waals surface area contributed by atoms with Gasteiger partial charge in [-0.2, -0.15) is 0 Å². The molecule has 2 rings (SSSR count). The van der Waals surface area contributed by atoms with Crippen LogP contribution in [0.3, 0.4) is 0 Å². The van der Waals surface area contributed by atoms with Gasteiger partial charge in [0.2, 0.25) is 0 Å². The highest BCUT2D eigenvalue weighted by Crippen LogP contribution is 2.22. The molecular weight excluding hydrogens is 204 g/mol. The van der Waals surface area contributed by atoms with Crippen molar-refractivity contribution in [2.24, 2.45) is 0 Å². The summed E-state index contributed by atoms with van der Waals surface area (Å²) < 4.78 is 0. The number of carbonyl (C=O) groups excluding carboxylic acids is 1. The van der Waals surface area contributed by atoms with Gasteiger partial charge in [0.05, 0.1) is 12.4 Å².